The van der Waals surface area contributed by atoms with Gasteiger partial charge in [0, 0.05) is 17.4 Å². The molecular weight excluding hydrogens is 548 g/mol. The lowest BCUT2D eigenvalue weighted by Crippen LogP contribution is -2.58. The van der Waals surface area contributed by atoms with Gasteiger partial charge in [0.25, 0.3) is 0 Å². The molecule has 42 heavy (non-hydrogen) atoms. The van der Waals surface area contributed by atoms with Gasteiger partial charge in [-0.3, -0.25) is 19.2 Å². The second-order valence-electron chi connectivity index (χ2n) is 11.7. The zero-order chi connectivity index (χ0) is 29.9. The highest BCUT2D eigenvalue weighted by atomic mass is 16.6. The monoisotopic (exact) mass is 574 g/mol. The zero-order valence-corrected chi connectivity index (χ0v) is 22.6. The molecule has 216 valence electrons. The second-order valence-corrected chi connectivity index (χ2v) is 11.7. The summed E-state index contributed by atoms with van der Waals surface area (Å²) in [6.45, 7) is 1.70. The van der Waals surface area contributed by atoms with Gasteiger partial charge in [0.05, 0.1) is 37.0 Å². The number of ketones is 3. The standard InChI is InChI=1S/C31H26O11/c1-12-7-15-22(16(32)8-12)27(37)24-25(35)14-5-6-30(24,28(15)38)10-13-9-18-23(26(36)21(13)14)17(33)11-31(42-18,29(39)40-2)19-3-4-20(34)41-19/h5-9,14,19,24,28,32,36,38H,3-4,10-11H2,1-2H3/t14-,19+,24?,28+,30+,31-/m1/s1. The Hall–Kier alpha value is -4.51. The average molecular weight is 575 g/mol. The molecule has 2 bridgehead atoms. The minimum atomic E-state index is -1.99. The normalized spacial score (nSPS) is 32.3. The number of esters is 2. The van der Waals surface area contributed by atoms with Gasteiger partial charge in [0.2, 0.25) is 5.60 Å². The Kier molecular flexibility index (Phi) is 5.35. The predicted octanol–water partition coefficient (Wildman–Crippen LogP) is 2.30. The van der Waals surface area contributed by atoms with Gasteiger partial charge in [0.1, 0.15) is 22.8 Å². The summed E-state index contributed by atoms with van der Waals surface area (Å²) in [4.78, 5) is 66.4. The number of fused-ring (bicyclic) bond motifs is 2. The number of phenols is 2. The Morgan fingerprint density at radius 2 is 1.83 bits per heavy atom. The van der Waals surface area contributed by atoms with E-state index < -0.39 is 76.5 Å². The molecule has 2 aliphatic heterocycles. The summed E-state index contributed by atoms with van der Waals surface area (Å²) in [6.07, 6.45) is 0.108. The highest BCUT2D eigenvalue weighted by Crippen LogP contribution is 2.60. The Balaban J connectivity index is 1.41. The lowest BCUT2D eigenvalue weighted by atomic mass is 9.56. The van der Waals surface area contributed by atoms with Crippen LogP contribution in [0.2, 0.25) is 0 Å². The number of hydrogen-bond acceptors (Lipinski definition) is 11. The molecule has 6 aliphatic rings. The molecule has 0 amide bonds. The molecule has 1 saturated heterocycles. The molecule has 1 spiro atoms. The number of ether oxygens (including phenoxy) is 3. The zero-order valence-electron chi connectivity index (χ0n) is 22.6. The van der Waals surface area contributed by atoms with Crippen LogP contribution in [0.5, 0.6) is 17.2 Å². The molecule has 1 fully saturated rings. The number of aromatic hydroxyl groups is 2. The lowest BCUT2D eigenvalue weighted by molar-refractivity contribution is -0.175. The number of aryl methyl sites for hydroxylation is 1. The van der Waals surface area contributed by atoms with E-state index in [1.54, 1.807) is 19.1 Å². The Bertz CT molecular complexity index is 1700. The maximum atomic E-state index is 14.0. The van der Waals surface area contributed by atoms with Gasteiger partial charge < -0.3 is 29.5 Å². The number of benzene rings is 2. The third-order valence-corrected chi connectivity index (χ3v) is 9.46. The molecule has 0 radical (unpaired) electrons. The number of aliphatic hydroxyl groups is 1. The first-order valence-corrected chi connectivity index (χ1v) is 13.6. The van der Waals surface area contributed by atoms with E-state index in [4.69, 9.17) is 14.2 Å². The van der Waals surface area contributed by atoms with Crippen LogP contribution in [0.1, 0.15) is 74.3 Å². The molecule has 11 nitrogen and oxygen atoms in total. The van der Waals surface area contributed by atoms with Crippen LogP contribution in [0.4, 0.5) is 0 Å². The topological polar surface area (TPSA) is 174 Å². The fraction of sp³-hybridized carbons (Fsp3) is 0.387. The molecule has 0 saturated carbocycles. The molecule has 4 aliphatic carbocycles. The summed E-state index contributed by atoms with van der Waals surface area (Å²) in [5.41, 5.74) is -2.56. The molecule has 3 N–H and O–H groups in total. The predicted molar refractivity (Wildman–Crippen MR) is 140 cm³/mol. The van der Waals surface area contributed by atoms with E-state index in [9.17, 15) is 39.3 Å². The van der Waals surface area contributed by atoms with E-state index in [0.29, 0.717) is 11.1 Å². The van der Waals surface area contributed by atoms with Gasteiger partial charge in [-0.2, -0.15) is 0 Å². The molecule has 6 atom stereocenters. The van der Waals surface area contributed by atoms with Gasteiger partial charge in [-0.15, -0.1) is 0 Å². The fourth-order valence-electron chi connectivity index (χ4n) is 7.64. The summed E-state index contributed by atoms with van der Waals surface area (Å²) in [7, 11) is 1.12. The molecule has 1 unspecified atom stereocenters. The van der Waals surface area contributed by atoms with E-state index in [1.165, 1.54) is 18.2 Å². The average Bonchev–Trinajstić information content (AvgIpc) is 3.26. The number of carbonyl (C=O) groups excluding carboxylic acids is 5. The number of rotatable bonds is 2. The van der Waals surface area contributed by atoms with Gasteiger partial charge in [-0.25, -0.2) is 4.79 Å². The van der Waals surface area contributed by atoms with Gasteiger partial charge in [-0.1, -0.05) is 18.2 Å². The van der Waals surface area contributed by atoms with Crippen LogP contribution in [0.15, 0.2) is 30.4 Å². The summed E-state index contributed by atoms with van der Waals surface area (Å²) < 4.78 is 16.4. The molecule has 11 heteroatoms. The van der Waals surface area contributed by atoms with Gasteiger partial charge >= 0.3 is 11.9 Å². The quantitative estimate of drug-likeness (QED) is 0.273. The van der Waals surface area contributed by atoms with Crippen molar-refractivity contribution in [2.45, 2.75) is 56.3 Å². The van der Waals surface area contributed by atoms with E-state index in [2.05, 4.69) is 0 Å². The van der Waals surface area contributed by atoms with Crippen LogP contribution >= 0.6 is 0 Å². The maximum Gasteiger partial charge on any atom is 0.354 e. The van der Waals surface area contributed by atoms with Crippen molar-refractivity contribution in [2.24, 2.45) is 11.3 Å². The van der Waals surface area contributed by atoms with Gasteiger partial charge in [0.15, 0.2) is 23.5 Å². The Morgan fingerprint density at radius 3 is 2.52 bits per heavy atom. The first kappa shape index (κ1) is 26.4. The third-order valence-electron chi connectivity index (χ3n) is 9.46. The Labute approximate surface area is 238 Å². The minimum Gasteiger partial charge on any atom is -0.507 e. The van der Waals surface area contributed by atoms with Crippen molar-refractivity contribution in [1.29, 1.82) is 0 Å². The molecule has 2 aromatic rings. The highest BCUT2D eigenvalue weighted by molar-refractivity contribution is 6.18. The van der Waals surface area contributed by atoms with Crippen molar-refractivity contribution in [3.8, 4) is 17.2 Å². The number of allylic oxidation sites excluding steroid dienone is 1. The first-order chi connectivity index (χ1) is 19.9. The van der Waals surface area contributed by atoms with E-state index in [0.717, 1.165) is 7.11 Å². The first-order valence-electron chi connectivity index (χ1n) is 13.6. The van der Waals surface area contributed by atoms with Crippen molar-refractivity contribution in [3.63, 3.8) is 0 Å². The SMILES string of the molecule is COC(=O)[C@]1([C@@H]2CCC(=O)O2)CC(=O)c2c(cc3c(c2O)[C@H]2C=C[C@]4(C3)C(C(=O)c3c(O)cc(C)cc3[C@@H]4O)C2=O)O1. The van der Waals surface area contributed by atoms with E-state index in [-0.39, 0.29) is 53.0 Å². The number of phenolic OH excluding ortho intramolecular Hbond substituents is 2. The van der Waals surface area contributed by atoms with Crippen molar-refractivity contribution in [2.75, 3.05) is 7.11 Å². The number of cyclic esters (lactones) is 1. The van der Waals surface area contributed by atoms with Crippen LogP contribution in [0.25, 0.3) is 0 Å². The van der Waals surface area contributed by atoms with Crippen molar-refractivity contribution in [3.05, 3.63) is 63.7 Å². The summed E-state index contributed by atoms with van der Waals surface area (Å²) in [5.74, 6) is -6.87. The summed E-state index contributed by atoms with van der Waals surface area (Å²) >= 11 is 0. The van der Waals surface area contributed by atoms with Crippen LogP contribution in [-0.4, -0.2) is 63.4 Å². The molecular formula is C31H26O11. The molecule has 0 aromatic heterocycles. The largest absolute Gasteiger partial charge is 0.507 e. The smallest absolute Gasteiger partial charge is 0.354 e. The second kappa shape index (κ2) is 8.51. The van der Waals surface area contributed by atoms with Crippen molar-refractivity contribution in [1.82, 2.24) is 0 Å². The summed E-state index contributed by atoms with van der Waals surface area (Å²) in [5, 5.41) is 33.9. The summed E-state index contributed by atoms with van der Waals surface area (Å²) in [6, 6.07) is 4.43. The Morgan fingerprint density at radius 1 is 1.07 bits per heavy atom. The van der Waals surface area contributed by atoms with Crippen LogP contribution in [0, 0.1) is 18.3 Å². The van der Waals surface area contributed by atoms with Crippen LogP contribution in [-0.2, 0) is 30.3 Å². The van der Waals surface area contributed by atoms with Crippen LogP contribution in [0.3, 0.4) is 0 Å². The van der Waals surface area contributed by atoms with Gasteiger partial charge in [-0.05, 0) is 48.6 Å². The molecule has 8 rings (SSSR count). The molecule has 2 heterocycles. The minimum absolute atomic E-state index is 0.0189. The van der Waals surface area contributed by atoms with Crippen molar-refractivity contribution >= 4 is 29.3 Å². The third kappa shape index (κ3) is 3.17. The number of carbonyl (C=O) groups is 5. The number of Topliss-reactive ketones (excluding diaryl/α,β-unsaturated/α-hetero) is 3. The van der Waals surface area contributed by atoms with Crippen LogP contribution < -0.4 is 4.74 Å². The number of hydrogen-bond donors (Lipinski definition) is 3. The number of aliphatic hydroxyl groups excluding tert-OH is 1. The van der Waals surface area contributed by atoms with E-state index in [1.807, 2.05) is 0 Å². The number of methoxy groups -OCH3 is 1. The lowest BCUT2D eigenvalue weighted by Gasteiger charge is -2.46. The highest BCUT2D eigenvalue weighted by Gasteiger charge is 2.62. The van der Waals surface area contributed by atoms with E-state index >= 15 is 0 Å². The molecule has 2 aromatic carbocycles. The fourth-order valence-corrected chi connectivity index (χ4v) is 7.64. The van der Waals surface area contributed by atoms with Crippen molar-refractivity contribution < 1.29 is 53.5 Å². The maximum absolute atomic E-state index is 14.0.